The highest BCUT2D eigenvalue weighted by atomic mass is 16.5. The molecule has 0 aliphatic carbocycles. The molecule has 0 aromatic heterocycles. The highest BCUT2D eigenvalue weighted by Crippen LogP contribution is 2.03. The maximum absolute atomic E-state index is 5.58. The predicted molar refractivity (Wildman–Crippen MR) is 67.3 cm³/mol. The van der Waals surface area contributed by atoms with Gasteiger partial charge in [0.1, 0.15) is 0 Å². The fourth-order valence-electron chi connectivity index (χ4n) is 1.64. The third kappa shape index (κ3) is 11.8. The van der Waals surface area contributed by atoms with E-state index in [-0.39, 0.29) is 0 Å². The molecule has 0 aromatic carbocycles. The first kappa shape index (κ1) is 14.9. The lowest BCUT2D eigenvalue weighted by atomic mass is 10.1. The molecule has 2 nitrogen and oxygen atoms in total. The Morgan fingerprint density at radius 1 is 1.00 bits per heavy atom. The van der Waals surface area contributed by atoms with Gasteiger partial charge in [-0.1, -0.05) is 20.8 Å². The topological polar surface area (TPSA) is 21.3 Å². The molecule has 0 saturated carbocycles. The quantitative estimate of drug-likeness (QED) is 0.565. The van der Waals surface area contributed by atoms with Gasteiger partial charge in [-0.15, -0.1) is 0 Å². The number of rotatable bonds is 10. The Balaban J connectivity index is 3.04. The van der Waals surface area contributed by atoms with Crippen LogP contribution in [0, 0.1) is 5.92 Å². The van der Waals surface area contributed by atoms with E-state index in [2.05, 4.69) is 33.0 Å². The Hall–Kier alpha value is -0.0800. The van der Waals surface area contributed by atoms with Crippen molar-refractivity contribution in [3.63, 3.8) is 0 Å². The zero-order chi connectivity index (χ0) is 11.5. The zero-order valence-electron chi connectivity index (χ0n) is 11.0. The number of hydrogen-bond acceptors (Lipinski definition) is 2. The molecule has 0 aliphatic rings. The largest absolute Gasteiger partial charge is 0.381 e. The molecule has 0 radical (unpaired) electrons. The molecule has 15 heavy (non-hydrogen) atoms. The van der Waals surface area contributed by atoms with Crippen LogP contribution in [0.5, 0.6) is 0 Å². The van der Waals surface area contributed by atoms with E-state index in [0.717, 1.165) is 25.7 Å². The van der Waals surface area contributed by atoms with E-state index in [1.165, 1.54) is 25.7 Å². The minimum absolute atomic E-state index is 0.634. The third-order valence-electron chi connectivity index (χ3n) is 2.55. The molecule has 1 N–H and O–H groups in total. The van der Waals surface area contributed by atoms with Crippen LogP contribution < -0.4 is 5.32 Å². The van der Waals surface area contributed by atoms with Crippen LogP contribution in [0.1, 0.15) is 53.4 Å². The molecule has 2 heteroatoms. The van der Waals surface area contributed by atoms with Crippen LogP contribution in [-0.4, -0.2) is 25.8 Å². The van der Waals surface area contributed by atoms with Crippen molar-refractivity contribution in [2.24, 2.45) is 5.92 Å². The van der Waals surface area contributed by atoms with Gasteiger partial charge >= 0.3 is 0 Å². The van der Waals surface area contributed by atoms with Gasteiger partial charge in [-0.05, 0) is 45.1 Å². The SMILES string of the molecule is CCNC(C)CCCOCCCC(C)C. The van der Waals surface area contributed by atoms with Crippen molar-refractivity contribution in [2.75, 3.05) is 19.8 Å². The van der Waals surface area contributed by atoms with Gasteiger partial charge < -0.3 is 10.1 Å². The van der Waals surface area contributed by atoms with Crippen LogP contribution in [0.25, 0.3) is 0 Å². The fraction of sp³-hybridized carbons (Fsp3) is 1.00. The standard InChI is InChI=1S/C13H29NO/c1-5-14-13(4)9-7-11-15-10-6-8-12(2)3/h12-14H,5-11H2,1-4H3. The molecular weight excluding hydrogens is 186 g/mol. The van der Waals surface area contributed by atoms with Crippen molar-refractivity contribution in [1.82, 2.24) is 5.32 Å². The van der Waals surface area contributed by atoms with Crippen LogP contribution in [0.3, 0.4) is 0 Å². The maximum Gasteiger partial charge on any atom is 0.0466 e. The van der Waals surface area contributed by atoms with Crippen molar-refractivity contribution in [2.45, 2.75) is 59.4 Å². The summed E-state index contributed by atoms with van der Waals surface area (Å²) < 4.78 is 5.58. The summed E-state index contributed by atoms with van der Waals surface area (Å²) in [6, 6.07) is 0.634. The van der Waals surface area contributed by atoms with E-state index in [0.29, 0.717) is 6.04 Å². The monoisotopic (exact) mass is 215 g/mol. The molecule has 1 atom stereocenters. The van der Waals surface area contributed by atoms with Crippen LogP contribution >= 0.6 is 0 Å². The third-order valence-corrected chi connectivity index (χ3v) is 2.55. The van der Waals surface area contributed by atoms with Gasteiger partial charge in [0.25, 0.3) is 0 Å². The molecule has 0 saturated heterocycles. The first-order chi connectivity index (χ1) is 7.16. The molecule has 0 amide bonds. The molecule has 0 heterocycles. The minimum atomic E-state index is 0.634. The zero-order valence-corrected chi connectivity index (χ0v) is 11.0. The van der Waals surface area contributed by atoms with E-state index in [1.807, 2.05) is 0 Å². The summed E-state index contributed by atoms with van der Waals surface area (Å²) in [6.07, 6.45) is 4.89. The second-order valence-electron chi connectivity index (χ2n) is 4.75. The number of ether oxygens (including phenoxy) is 1. The summed E-state index contributed by atoms with van der Waals surface area (Å²) in [5.74, 6) is 0.808. The van der Waals surface area contributed by atoms with Crippen molar-refractivity contribution in [3.8, 4) is 0 Å². The molecular formula is C13H29NO. The lowest BCUT2D eigenvalue weighted by Gasteiger charge is -2.12. The predicted octanol–water partition coefficient (Wildman–Crippen LogP) is 3.22. The lowest BCUT2D eigenvalue weighted by molar-refractivity contribution is 0.122. The van der Waals surface area contributed by atoms with Gasteiger partial charge in [0.15, 0.2) is 0 Å². The maximum atomic E-state index is 5.58. The van der Waals surface area contributed by atoms with Crippen molar-refractivity contribution >= 4 is 0 Å². The minimum Gasteiger partial charge on any atom is -0.381 e. The van der Waals surface area contributed by atoms with E-state index in [9.17, 15) is 0 Å². The molecule has 0 aliphatic heterocycles. The van der Waals surface area contributed by atoms with Gasteiger partial charge in [-0.25, -0.2) is 0 Å². The van der Waals surface area contributed by atoms with E-state index in [4.69, 9.17) is 4.74 Å². The van der Waals surface area contributed by atoms with Crippen LogP contribution in [0.15, 0.2) is 0 Å². The summed E-state index contributed by atoms with van der Waals surface area (Å²) in [4.78, 5) is 0. The summed E-state index contributed by atoms with van der Waals surface area (Å²) in [5.41, 5.74) is 0. The second kappa shape index (κ2) is 10.4. The number of hydrogen-bond donors (Lipinski definition) is 1. The van der Waals surface area contributed by atoms with E-state index >= 15 is 0 Å². The van der Waals surface area contributed by atoms with Gasteiger partial charge in [0.2, 0.25) is 0 Å². The van der Waals surface area contributed by atoms with E-state index in [1.54, 1.807) is 0 Å². The second-order valence-corrected chi connectivity index (χ2v) is 4.75. The molecule has 0 rings (SSSR count). The molecule has 0 spiro atoms. The fourth-order valence-corrected chi connectivity index (χ4v) is 1.64. The average molecular weight is 215 g/mol. The first-order valence-corrected chi connectivity index (χ1v) is 6.48. The summed E-state index contributed by atoms with van der Waals surface area (Å²) >= 11 is 0. The molecule has 0 bridgehead atoms. The Labute approximate surface area is 95.8 Å². The van der Waals surface area contributed by atoms with Gasteiger partial charge in [-0.2, -0.15) is 0 Å². The summed E-state index contributed by atoms with van der Waals surface area (Å²) in [5, 5.41) is 3.41. The summed E-state index contributed by atoms with van der Waals surface area (Å²) in [6.45, 7) is 11.8. The van der Waals surface area contributed by atoms with Gasteiger partial charge in [0.05, 0.1) is 0 Å². The van der Waals surface area contributed by atoms with Crippen molar-refractivity contribution in [3.05, 3.63) is 0 Å². The van der Waals surface area contributed by atoms with Crippen LogP contribution in [0.4, 0.5) is 0 Å². The van der Waals surface area contributed by atoms with Gasteiger partial charge in [0, 0.05) is 19.3 Å². The number of nitrogens with one attached hydrogen (secondary N) is 1. The van der Waals surface area contributed by atoms with Crippen molar-refractivity contribution in [1.29, 1.82) is 0 Å². The Morgan fingerprint density at radius 2 is 1.60 bits per heavy atom. The van der Waals surface area contributed by atoms with Crippen LogP contribution in [-0.2, 0) is 4.74 Å². The Kier molecular flexibility index (Phi) is 10.4. The smallest absolute Gasteiger partial charge is 0.0466 e. The highest BCUT2D eigenvalue weighted by Gasteiger charge is 1.99. The molecule has 1 unspecified atom stereocenters. The summed E-state index contributed by atoms with van der Waals surface area (Å²) in [7, 11) is 0. The van der Waals surface area contributed by atoms with Crippen molar-refractivity contribution < 1.29 is 4.74 Å². The highest BCUT2D eigenvalue weighted by molar-refractivity contribution is 4.58. The molecule has 92 valence electrons. The Bertz CT molecular complexity index is 126. The normalized spacial score (nSPS) is 13.4. The lowest BCUT2D eigenvalue weighted by Crippen LogP contribution is -2.25. The van der Waals surface area contributed by atoms with Gasteiger partial charge in [-0.3, -0.25) is 0 Å². The van der Waals surface area contributed by atoms with Crippen LogP contribution in [0.2, 0.25) is 0 Å². The molecule has 0 fully saturated rings. The first-order valence-electron chi connectivity index (χ1n) is 6.48. The molecule has 0 aromatic rings. The Morgan fingerprint density at radius 3 is 2.13 bits per heavy atom. The average Bonchev–Trinajstić information content (AvgIpc) is 2.16. The van der Waals surface area contributed by atoms with E-state index < -0.39 is 0 Å².